The second kappa shape index (κ2) is 7.76. The van der Waals surface area contributed by atoms with Crippen molar-refractivity contribution in [3.63, 3.8) is 0 Å². The molecule has 1 atom stereocenters. The lowest BCUT2D eigenvalue weighted by atomic mass is 10.1. The molecule has 1 aromatic heterocycles. The van der Waals surface area contributed by atoms with Gasteiger partial charge in [-0.3, -0.25) is 4.90 Å². The highest BCUT2D eigenvalue weighted by Crippen LogP contribution is 2.28. The maximum absolute atomic E-state index is 12.7. The van der Waals surface area contributed by atoms with E-state index in [9.17, 15) is 13.7 Å². The first-order valence-electron chi connectivity index (χ1n) is 8.30. The molecule has 0 spiro atoms. The Bertz CT molecular complexity index is 893. The van der Waals surface area contributed by atoms with Gasteiger partial charge in [-0.05, 0) is 36.8 Å². The zero-order valence-corrected chi connectivity index (χ0v) is 16.4. The van der Waals surface area contributed by atoms with E-state index in [1.807, 2.05) is 42.2 Å². The minimum Gasteiger partial charge on any atom is -0.497 e. The molecule has 138 valence electrons. The maximum Gasteiger partial charge on any atom is 0.252 e. The van der Waals surface area contributed by atoms with Crippen LogP contribution in [0.1, 0.15) is 16.5 Å². The third kappa shape index (κ3) is 3.76. The van der Waals surface area contributed by atoms with Crippen LogP contribution >= 0.6 is 11.3 Å². The average molecular weight is 392 g/mol. The number of piperazine rings is 1. The molecule has 0 N–H and O–H groups in total. The van der Waals surface area contributed by atoms with Crippen LogP contribution in [0, 0.1) is 18.3 Å². The van der Waals surface area contributed by atoms with E-state index in [2.05, 4.69) is 6.07 Å². The monoisotopic (exact) mass is 391 g/mol. The van der Waals surface area contributed by atoms with Gasteiger partial charge in [0.15, 0.2) is 0 Å². The number of aryl methyl sites for hydroxylation is 1. The number of methoxy groups -OCH3 is 1. The molecule has 0 saturated carbocycles. The van der Waals surface area contributed by atoms with Crippen molar-refractivity contribution in [1.29, 1.82) is 5.26 Å². The number of benzene rings is 1. The minimum absolute atomic E-state index is 0.383. The molecule has 8 heteroatoms. The second-order valence-corrected chi connectivity index (χ2v) is 9.56. The van der Waals surface area contributed by atoms with Gasteiger partial charge in [-0.15, -0.1) is 11.3 Å². The van der Waals surface area contributed by atoms with Crippen LogP contribution in [0.25, 0.3) is 0 Å². The van der Waals surface area contributed by atoms with E-state index >= 15 is 0 Å². The quantitative estimate of drug-likeness (QED) is 0.783. The van der Waals surface area contributed by atoms with Crippen molar-refractivity contribution in [3.05, 3.63) is 46.8 Å². The van der Waals surface area contributed by atoms with Crippen LogP contribution in [0.2, 0.25) is 0 Å². The largest absolute Gasteiger partial charge is 0.497 e. The fourth-order valence-corrected chi connectivity index (χ4v) is 5.89. The van der Waals surface area contributed by atoms with Crippen LogP contribution in [0.3, 0.4) is 0 Å². The topological polar surface area (TPSA) is 73.6 Å². The summed E-state index contributed by atoms with van der Waals surface area (Å²) >= 11 is 1.29. The number of ether oxygens (including phenoxy) is 1. The fourth-order valence-electron chi connectivity index (χ4n) is 3.03. The molecule has 2 aromatic rings. The van der Waals surface area contributed by atoms with Crippen molar-refractivity contribution in [2.45, 2.75) is 17.2 Å². The van der Waals surface area contributed by atoms with Gasteiger partial charge in [0.25, 0.3) is 10.0 Å². The summed E-state index contributed by atoms with van der Waals surface area (Å²) in [5, 5.41) is 9.61. The summed E-state index contributed by atoms with van der Waals surface area (Å²) in [7, 11) is -1.84. The van der Waals surface area contributed by atoms with Gasteiger partial charge in [-0.2, -0.15) is 9.57 Å². The van der Waals surface area contributed by atoms with Gasteiger partial charge in [0.05, 0.1) is 13.2 Å². The Morgan fingerprint density at radius 2 is 1.77 bits per heavy atom. The highest BCUT2D eigenvalue weighted by Gasteiger charge is 2.32. The Hall–Kier alpha value is -1.92. The number of nitrogens with zero attached hydrogens (tertiary/aromatic N) is 3. The van der Waals surface area contributed by atoms with E-state index in [-0.39, 0.29) is 0 Å². The van der Waals surface area contributed by atoms with Crippen molar-refractivity contribution >= 4 is 21.4 Å². The molecule has 1 aliphatic heterocycles. The van der Waals surface area contributed by atoms with Gasteiger partial charge in [-0.1, -0.05) is 12.1 Å². The summed E-state index contributed by atoms with van der Waals surface area (Å²) in [5.41, 5.74) is 0.887. The average Bonchev–Trinajstić information content (AvgIpc) is 3.11. The first kappa shape index (κ1) is 18.9. The van der Waals surface area contributed by atoms with Crippen LogP contribution < -0.4 is 4.74 Å². The summed E-state index contributed by atoms with van der Waals surface area (Å²) in [6, 6.07) is 12.9. The standard InChI is InChI=1S/C18H21N3O3S2/c1-14-3-8-18(25-14)26(22,23)21-11-9-20(10-12-21)17(13-19)15-4-6-16(24-2)7-5-15/h3-8,17H,9-12H2,1-2H3. The van der Waals surface area contributed by atoms with Crippen LogP contribution in [0.4, 0.5) is 0 Å². The van der Waals surface area contributed by atoms with E-state index in [0.717, 1.165) is 16.2 Å². The number of nitriles is 1. The molecule has 3 rings (SSSR count). The smallest absolute Gasteiger partial charge is 0.252 e. The van der Waals surface area contributed by atoms with Crippen molar-refractivity contribution in [2.75, 3.05) is 33.3 Å². The fraction of sp³-hybridized carbons (Fsp3) is 0.389. The summed E-state index contributed by atoms with van der Waals surface area (Å²) in [6.07, 6.45) is 0. The zero-order chi connectivity index (χ0) is 18.7. The number of hydrogen-bond donors (Lipinski definition) is 0. The zero-order valence-electron chi connectivity index (χ0n) is 14.8. The predicted octanol–water partition coefficient (Wildman–Crippen LogP) is 2.64. The van der Waals surface area contributed by atoms with Crippen molar-refractivity contribution in [1.82, 2.24) is 9.21 Å². The van der Waals surface area contributed by atoms with Gasteiger partial charge in [0.2, 0.25) is 0 Å². The van der Waals surface area contributed by atoms with Gasteiger partial charge < -0.3 is 4.74 Å². The third-order valence-corrected chi connectivity index (χ3v) is 7.87. The molecular formula is C18H21N3O3S2. The number of hydrogen-bond acceptors (Lipinski definition) is 6. The summed E-state index contributed by atoms with van der Waals surface area (Å²) < 4.78 is 32.5. The van der Waals surface area contributed by atoms with Gasteiger partial charge in [0, 0.05) is 31.1 Å². The van der Waals surface area contributed by atoms with E-state index < -0.39 is 16.1 Å². The van der Waals surface area contributed by atoms with Gasteiger partial charge >= 0.3 is 0 Å². The minimum atomic E-state index is -3.44. The Morgan fingerprint density at radius 1 is 1.12 bits per heavy atom. The van der Waals surface area contributed by atoms with Crippen molar-refractivity contribution < 1.29 is 13.2 Å². The maximum atomic E-state index is 12.7. The Labute approximate surface area is 158 Å². The molecule has 0 amide bonds. The first-order valence-corrected chi connectivity index (χ1v) is 10.6. The molecular weight excluding hydrogens is 370 g/mol. The molecule has 0 radical (unpaired) electrons. The lowest BCUT2D eigenvalue weighted by Crippen LogP contribution is -2.49. The molecule has 6 nitrogen and oxygen atoms in total. The highest BCUT2D eigenvalue weighted by atomic mass is 32.2. The first-order chi connectivity index (χ1) is 12.5. The van der Waals surface area contributed by atoms with Crippen LogP contribution in [0.5, 0.6) is 5.75 Å². The van der Waals surface area contributed by atoms with E-state index in [4.69, 9.17) is 4.74 Å². The summed E-state index contributed by atoms with van der Waals surface area (Å²) in [4.78, 5) is 3.00. The molecule has 1 unspecified atom stereocenters. The molecule has 1 aliphatic rings. The highest BCUT2D eigenvalue weighted by molar-refractivity contribution is 7.91. The molecule has 26 heavy (non-hydrogen) atoms. The molecule has 1 saturated heterocycles. The molecule has 0 aliphatic carbocycles. The van der Waals surface area contributed by atoms with Crippen molar-refractivity contribution in [2.24, 2.45) is 0 Å². The molecule has 0 bridgehead atoms. The Balaban J connectivity index is 1.69. The van der Waals surface area contributed by atoms with E-state index in [1.54, 1.807) is 13.2 Å². The number of thiophene rings is 1. The normalized spacial score (nSPS) is 17.6. The predicted molar refractivity (Wildman–Crippen MR) is 101 cm³/mol. The van der Waals surface area contributed by atoms with Crippen LogP contribution in [-0.2, 0) is 10.0 Å². The van der Waals surface area contributed by atoms with Crippen LogP contribution in [0.15, 0.2) is 40.6 Å². The molecule has 1 fully saturated rings. The lowest BCUT2D eigenvalue weighted by Gasteiger charge is -2.36. The van der Waals surface area contributed by atoms with Crippen molar-refractivity contribution in [3.8, 4) is 11.8 Å². The lowest BCUT2D eigenvalue weighted by molar-refractivity contribution is 0.162. The summed E-state index contributed by atoms with van der Waals surface area (Å²) in [5.74, 6) is 0.743. The molecule has 1 aromatic carbocycles. The Kier molecular flexibility index (Phi) is 5.63. The number of rotatable bonds is 5. The van der Waals surface area contributed by atoms with Crippen LogP contribution in [-0.4, -0.2) is 50.9 Å². The number of sulfonamides is 1. The van der Waals surface area contributed by atoms with E-state index in [1.165, 1.54) is 15.6 Å². The van der Waals surface area contributed by atoms with E-state index in [0.29, 0.717) is 30.4 Å². The second-order valence-electron chi connectivity index (χ2n) is 6.11. The van der Waals surface area contributed by atoms with Gasteiger partial charge in [-0.25, -0.2) is 8.42 Å². The Morgan fingerprint density at radius 3 is 2.27 bits per heavy atom. The summed E-state index contributed by atoms with van der Waals surface area (Å²) in [6.45, 7) is 3.71. The van der Waals surface area contributed by atoms with Gasteiger partial charge in [0.1, 0.15) is 16.0 Å². The third-order valence-electron chi connectivity index (χ3n) is 4.50. The SMILES string of the molecule is COc1ccc(C(C#N)N2CCN(S(=O)(=O)c3ccc(C)s3)CC2)cc1. The molecule has 2 heterocycles.